The fourth-order valence-corrected chi connectivity index (χ4v) is 4.29. The molecule has 2 unspecified atom stereocenters. The normalized spacial score (nSPS) is 31.4. The van der Waals surface area contributed by atoms with Crippen LogP contribution in [0.1, 0.15) is 46.0 Å². The maximum absolute atomic E-state index is 12.6. The van der Waals surface area contributed by atoms with Gasteiger partial charge in [-0.3, -0.25) is 4.79 Å². The number of halogens is 1. The number of likely N-dealkylation sites (tertiary alicyclic amines) is 1. The summed E-state index contributed by atoms with van der Waals surface area (Å²) < 4.78 is 0. The fourth-order valence-electron chi connectivity index (χ4n) is 4.29. The van der Waals surface area contributed by atoms with Crippen molar-refractivity contribution >= 4 is 18.3 Å². The van der Waals surface area contributed by atoms with Crippen LogP contribution in [0.25, 0.3) is 0 Å². The Kier molecular flexibility index (Phi) is 5.01. The highest BCUT2D eigenvalue weighted by Gasteiger charge is 2.58. The quantitative estimate of drug-likeness (QED) is 0.869. The highest BCUT2D eigenvalue weighted by atomic mass is 35.5. The Morgan fingerprint density at radius 2 is 2.05 bits per heavy atom. The molecule has 2 atom stereocenters. The zero-order valence-corrected chi connectivity index (χ0v) is 13.7. The van der Waals surface area contributed by atoms with Gasteiger partial charge in [-0.25, -0.2) is 0 Å². The monoisotopic (exact) mass is 300 g/mol. The van der Waals surface area contributed by atoms with Crippen LogP contribution in [-0.4, -0.2) is 37.0 Å². The van der Waals surface area contributed by atoms with Gasteiger partial charge in [-0.15, -0.1) is 12.4 Å². The molecule has 1 aliphatic carbocycles. The van der Waals surface area contributed by atoms with E-state index in [-0.39, 0.29) is 12.4 Å². The van der Waals surface area contributed by atoms with Crippen molar-refractivity contribution in [2.45, 2.75) is 46.0 Å². The molecule has 1 spiro atoms. The number of nitrogens with one attached hydrogen (secondary N) is 1. The number of carbonyl (C=O) groups is 1. The summed E-state index contributed by atoms with van der Waals surface area (Å²) in [6, 6.07) is 0. The molecule has 116 valence electrons. The van der Waals surface area contributed by atoms with Crippen LogP contribution in [0.15, 0.2) is 0 Å². The van der Waals surface area contributed by atoms with Crippen molar-refractivity contribution < 1.29 is 4.79 Å². The summed E-state index contributed by atoms with van der Waals surface area (Å²) >= 11 is 0. The van der Waals surface area contributed by atoms with Crippen LogP contribution in [0.5, 0.6) is 0 Å². The second-order valence-corrected chi connectivity index (χ2v) is 7.44. The van der Waals surface area contributed by atoms with E-state index in [0.717, 1.165) is 38.0 Å². The van der Waals surface area contributed by atoms with E-state index in [1.54, 1.807) is 0 Å². The maximum atomic E-state index is 12.6. The predicted molar refractivity (Wildman–Crippen MR) is 84.0 cm³/mol. The zero-order valence-electron chi connectivity index (χ0n) is 12.9. The molecule has 2 heterocycles. The highest BCUT2D eigenvalue weighted by Crippen LogP contribution is 2.59. The smallest absolute Gasteiger partial charge is 0.226 e. The van der Waals surface area contributed by atoms with Crippen LogP contribution in [0.3, 0.4) is 0 Å². The van der Waals surface area contributed by atoms with E-state index in [0.29, 0.717) is 17.2 Å². The minimum atomic E-state index is 0. The number of hydrogen-bond acceptors (Lipinski definition) is 2. The van der Waals surface area contributed by atoms with Crippen LogP contribution in [0.4, 0.5) is 0 Å². The Bertz CT molecular complexity index is 352. The molecule has 2 saturated heterocycles. The standard InChI is InChI=1S/C16H28N2O.ClH/c1-12(2)9-13-3-8-18(11-13)15(19)14-10-16(14)4-6-17-7-5-16;/h12-14,17H,3-11H2,1-2H3;1H. The molecule has 0 aromatic heterocycles. The SMILES string of the molecule is CC(C)CC1CCN(C(=O)C2CC23CCNCC3)C1.Cl. The Morgan fingerprint density at radius 3 is 2.70 bits per heavy atom. The molecule has 0 radical (unpaired) electrons. The van der Waals surface area contributed by atoms with E-state index in [2.05, 4.69) is 24.1 Å². The van der Waals surface area contributed by atoms with Crippen molar-refractivity contribution in [3.05, 3.63) is 0 Å². The van der Waals surface area contributed by atoms with Gasteiger partial charge in [-0.1, -0.05) is 13.8 Å². The van der Waals surface area contributed by atoms with Crippen LogP contribution in [-0.2, 0) is 4.79 Å². The number of hydrogen-bond donors (Lipinski definition) is 1. The van der Waals surface area contributed by atoms with E-state index >= 15 is 0 Å². The van der Waals surface area contributed by atoms with Gasteiger partial charge in [0.25, 0.3) is 0 Å². The average molecular weight is 301 g/mol. The Morgan fingerprint density at radius 1 is 1.35 bits per heavy atom. The third kappa shape index (κ3) is 3.14. The number of nitrogens with zero attached hydrogens (tertiary/aromatic N) is 1. The highest BCUT2D eigenvalue weighted by molar-refractivity contribution is 5.85. The molecule has 0 aromatic carbocycles. The van der Waals surface area contributed by atoms with E-state index in [4.69, 9.17) is 0 Å². The lowest BCUT2D eigenvalue weighted by molar-refractivity contribution is -0.132. The minimum Gasteiger partial charge on any atom is -0.342 e. The second-order valence-electron chi connectivity index (χ2n) is 7.44. The molecule has 1 saturated carbocycles. The fraction of sp³-hybridized carbons (Fsp3) is 0.938. The Balaban J connectivity index is 0.00000147. The van der Waals surface area contributed by atoms with Gasteiger partial charge in [0.2, 0.25) is 5.91 Å². The molecule has 0 aromatic rings. The molecule has 0 bridgehead atoms. The molecule has 3 fully saturated rings. The van der Waals surface area contributed by atoms with Crippen molar-refractivity contribution in [3.63, 3.8) is 0 Å². The molecule has 3 rings (SSSR count). The molecule has 1 N–H and O–H groups in total. The third-order valence-electron chi connectivity index (χ3n) is 5.49. The predicted octanol–water partition coefficient (Wildman–Crippen LogP) is 2.69. The number of amides is 1. The lowest BCUT2D eigenvalue weighted by atomic mass is 9.91. The van der Waals surface area contributed by atoms with Crippen molar-refractivity contribution in [2.75, 3.05) is 26.2 Å². The van der Waals surface area contributed by atoms with Crippen LogP contribution < -0.4 is 5.32 Å². The van der Waals surface area contributed by atoms with Gasteiger partial charge in [0.05, 0.1) is 0 Å². The van der Waals surface area contributed by atoms with Gasteiger partial charge >= 0.3 is 0 Å². The topological polar surface area (TPSA) is 32.3 Å². The molecule has 4 heteroatoms. The number of piperidine rings is 1. The lowest BCUT2D eigenvalue weighted by Crippen LogP contribution is -2.35. The largest absolute Gasteiger partial charge is 0.342 e. The summed E-state index contributed by atoms with van der Waals surface area (Å²) in [5, 5.41) is 3.41. The van der Waals surface area contributed by atoms with Gasteiger partial charge in [-0.05, 0) is 62.4 Å². The van der Waals surface area contributed by atoms with Gasteiger partial charge in [0.1, 0.15) is 0 Å². The third-order valence-corrected chi connectivity index (χ3v) is 5.49. The molecular formula is C16H29ClN2O. The molecule has 20 heavy (non-hydrogen) atoms. The molecule has 2 aliphatic heterocycles. The summed E-state index contributed by atoms with van der Waals surface area (Å²) in [6.07, 6.45) is 6.10. The lowest BCUT2D eigenvalue weighted by Gasteiger charge is -2.25. The van der Waals surface area contributed by atoms with E-state index in [9.17, 15) is 4.79 Å². The second kappa shape index (κ2) is 6.23. The molecule has 3 aliphatic rings. The summed E-state index contributed by atoms with van der Waals surface area (Å²) in [5.41, 5.74) is 0.401. The summed E-state index contributed by atoms with van der Waals surface area (Å²) in [5.74, 6) is 2.36. The first-order valence-corrected chi connectivity index (χ1v) is 8.10. The first-order valence-electron chi connectivity index (χ1n) is 8.10. The summed E-state index contributed by atoms with van der Waals surface area (Å²) in [7, 11) is 0. The van der Waals surface area contributed by atoms with Gasteiger partial charge in [0, 0.05) is 19.0 Å². The first-order chi connectivity index (χ1) is 9.11. The number of carbonyl (C=O) groups excluding carboxylic acids is 1. The van der Waals surface area contributed by atoms with Gasteiger partial charge in [0.15, 0.2) is 0 Å². The average Bonchev–Trinajstić information content (AvgIpc) is 2.85. The summed E-state index contributed by atoms with van der Waals surface area (Å²) in [4.78, 5) is 14.8. The Hall–Kier alpha value is -0.280. The van der Waals surface area contributed by atoms with Gasteiger partial charge < -0.3 is 10.2 Å². The van der Waals surface area contributed by atoms with Crippen molar-refractivity contribution in [1.29, 1.82) is 0 Å². The molecule has 1 amide bonds. The van der Waals surface area contributed by atoms with Crippen molar-refractivity contribution in [3.8, 4) is 0 Å². The van der Waals surface area contributed by atoms with Crippen LogP contribution in [0, 0.1) is 23.2 Å². The van der Waals surface area contributed by atoms with Crippen molar-refractivity contribution in [2.24, 2.45) is 23.2 Å². The zero-order chi connectivity index (χ0) is 13.5. The van der Waals surface area contributed by atoms with E-state index in [1.165, 1.54) is 32.1 Å². The Labute approximate surface area is 129 Å². The van der Waals surface area contributed by atoms with E-state index in [1.807, 2.05) is 0 Å². The van der Waals surface area contributed by atoms with Crippen molar-refractivity contribution in [1.82, 2.24) is 10.2 Å². The minimum absolute atomic E-state index is 0. The maximum Gasteiger partial charge on any atom is 0.226 e. The molecular weight excluding hydrogens is 272 g/mol. The van der Waals surface area contributed by atoms with Crippen LogP contribution in [0.2, 0.25) is 0 Å². The first kappa shape index (κ1) is 16.1. The summed E-state index contributed by atoms with van der Waals surface area (Å²) in [6.45, 7) is 8.84. The number of rotatable bonds is 3. The van der Waals surface area contributed by atoms with Gasteiger partial charge in [-0.2, -0.15) is 0 Å². The molecule has 3 nitrogen and oxygen atoms in total. The van der Waals surface area contributed by atoms with E-state index < -0.39 is 0 Å². The van der Waals surface area contributed by atoms with Crippen LogP contribution >= 0.6 is 12.4 Å².